The van der Waals surface area contributed by atoms with E-state index >= 15 is 0 Å². The number of carbonyl (C=O) groups excluding carboxylic acids is 2. The van der Waals surface area contributed by atoms with Crippen LogP contribution in [0.3, 0.4) is 0 Å². The van der Waals surface area contributed by atoms with Gasteiger partial charge in [-0.25, -0.2) is 4.79 Å². The van der Waals surface area contributed by atoms with Gasteiger partial charge < -0.3 is 14.4 Å². The third-order valence-electron chi connectivity index (χ3n) is 11.0. The van der Waals surface area contributed by atoms with Crippen molar-refractivity contribution in [2.45, 2.75) is 102 Å². The number of morpholine rings is 1. The number of alkyl halides is 8. The molecule has 2 unspecified atom stereocenters. The summed E-state index contributed by atoms with van der Waals surface area (Å²) >= 11 is 0. The molecule has 7 atom stereocenters. The predicted molar refractivity (Wildman–Crippen MR) is 160 cm³/mol. The number of ketones is 1. The highest BCUT2D eigenvalue weighted by Gasteiger charge is 2.58. The van der Waals surface area contributed by atoms with E-state index in [1.54, 1.807) is 13.0 Å². The molecule has 0 bridgehead atoms. The van der Waals surface area contributed by atoms with E-state index in [4.69, 9.17) is 9.47 Å². The van der Waals surface area contributed by atoms with Crippen molar-refractivity contribution in [3.63, 3.8) is 0 Å². The van der Waals surface area contributed by atoms with Crippen molar-refractivity contribution in [1.29, 1.82) is 0 Å². The van der Waals surface area contributed by atoms with Crippen molar-refractivity contribution in [1.82, 2.24) is 4.90 Å². The van der Waals surface area contributed by atoms with Crippen LogP contribution in [0.4, 0.5) is 39.9 Å². The summed E-state index contributed by atoms with van der Waals surface area (Å²) in [5.41, 5.74) is 2.23. The van der Waals surface area contributed by atoms with Gasteiger partial charge in [0.1, 0.15) is 11.5 Å². The first-order chi connectivity index (χ1) is 22.3. The maximum Gasteiger partial charge on any atom is 0.453 e. The van der Waals surface area contributed by atoms with Crippen molar-refractivity contribution in [3.05, 3.63) is 28.8 Å². The number of ether oxygens (including phenoxy) is 2. The Morgan fingerprint density at radius 2 is 1.79 bits per heavy atom. The third-order valence-corrected chi connectivity index (χ3v) is 12.5. The molecule has 0 N–H and O–H groups in total. The van der Waals surface area contributed by atoms with Crippen LogP contribution < -0.4 is 4.74 Å². The third kappa shape index (κ3) is 7.56. The maximum absolute atomic E-state index is 13.3. The van der Waals surface area contributed by atoms with Gasteiger partial charge in [-0.1, -0.05) is 13.0 Å². The van der Waals surface area contributed by atoms with Crippen LogP contribution in [0.25, 0.3) is 0 Å². The largest absolute Gasteiger partial charge is 0.453 e. The van der Waals surface area contributed by atoms with Gasteiger partial charge in [-0.05, 0) is 98.3 Å². The average Bonchev–Trinajstić information content (AvgIpc) is 3.30. The molecule has 0 aromatic heterocycles. The Labute approximate surface area is 276 Å². The van der Waals surface area contributed by atoms with E-state index in [-0.39, 0.29) is 59.9 Å². The van der Waals surface area contributed by atoms with Gasteiger partial charge in [0.2, 0.25) is 0 Å². The molecule has 1 aliphatic heterocycles. The number of halogens is 8. The fourth-order valence-electron chi connectivity index (χ4n) is 8.46. The zero-order valence-electron chi connectivity index (χ0n) is 26.9. The lowest BCUT2D eigenvalue weighted by Crippen LogP contribution is -2.51. The summed E-state index contributed by atoms with van der Waals surface area (Å²) in [4.78, 5) is 26.9. The first-order valence-electron chi connectivity index (χ1n) is 16.4. The molecule has 3 fully saturated rings. The lowest BCUT2D eigenvalue weighted by molar-refractivity contribution is -0.284. The normalized spacial score (nSPS) is 30.0. The van der Waals surface area contributed by atoms with E-state index in [9.17, 15) is 48.9 Å². The predicted octanol–water partition coefficient (Wildman–Crippen LogP) is 7.91. The number of hydrogen-bond donors (Lipinski definition) is 0. The topological polar surface area (TPSA) is 72.9 Å². The zero-order valence-corrected chi connectivity index (χ0v) is 27.7. The van der Waals surface area contributed by atoms with Crippen LogP contribution >= 0.6 is 0 Å². The quantitative estimate of drug-likeness (QED) is 0.243. The molecule has 6 nitrogen and oxygen atoms in total. The molecule has 48 heavy (non-hydrogen) atoms. The van der Waals surface area contributed by atoms with Gasteiger partial charge in [-0.3, -0.25) is 9.00 Å². The molecule has 15 heteroatoms. The average molecular weight is 716 g/mol. The van der Waals surface area contributed by atoms with Crippen LogP contribution in [0.2, 0.25) is 0 Å². The van der Waals surface area contributed by atoms with E-state index in [0.29, 0.717) is 31.2 Å². The summed E-state index contributed by atoms with van der Waals surface area (Å²) in [5.74, 6) is -4.03. The van der Waals surface area contributed by atoms with Gasteiger partial charge in [-0.2, -0.15) is 35.1 Å². The van der Waals surface area contributed by atoms with Gasteiger partial charge in [0, 0.05) is 47.1 Å². The molecule has 4 aliphatic rings. The molecule has 1 aromatic carbocycles. The number of amides is 1. The Hall–Kier alpha value is -2.29. The molecule has 0 radical (unpaired) electrons. The second kappa shape index (κ2) is 13.8. The summed E-state index contributed by atoms with van der Waals surface area (Å²) in [6.45, 7) is 2.80. The van der Waals surface area contributed by atoms with Crippen LogP contribution in [0, 0.1) is 30.1 Å². The van der Waals surface area contributed by atoms with Crippen molar-refractivity contribution in [2.75, 3.05) is 31.2 Å². The molecule has 270 valence electrons. The molecule has 1 aromatic rings. The number of benzene rings is 1. The van der Waals surface area contributed by atoms with E-state index in [1.165, 1.54) is 0 Å². The van der Waals surface area contributed by atoms with Crippen LogP contribution in [0.5, 0.6) is 5.75 Å². The lowest BCUT2D eigenvalue weighted by Gasteiger charge is -2.52. The number of aryl methyl sites for hydroxylation is 1. The monoisotopic (exact) mass is 715 g/mol. The summed E-state index contributed by atoms with van der Waals surface area (Å²) in [7, 11) is -1.58. The molecule has 0 spiro atoms. The number of hydrogen-bond acceptors (Lipinski definition) is 5. The number of nitrogens with zero attached hydrogens (tertiary/aromatic N) is 1. The van der Waals surface area contributed by atoms with E-state index < -0.39 is 66.1 Å². The highest BCUT2D eigenvalue weighted by atomic mass is 32.2. The zero-order chi connectivity index (χ0) is 35.2. The standard InChI is InChI=1S/C33H41F8NO5S/c1-19-15-23-21(17-25(19)47-29(44)42-11-12-46-27(18-42)32(36,37)38)16-20(28-22(23)8-10-30(2)24(28)6-7-26(30)43)5-3-13-48(45)14-4-9-31(34,35)33(39,40)41/h15,17,20,22,24,27-28H,3-14,16,18H2,1-2H3/t20-,22-,24+,27?,28-,30+,48?/m1/s1. The molecule has 1 saturated heterocycles. The van der Waals surface area contributed by atoms with Crippen LogP contribution in [0.15, 0.2) is 12.1 Å². The van der Waals surface area contributed by atoms with Crippen molar-refractivity contribution < 1.29 is 58.4 Å². The van der Waals surface area contributed by atoms with E-state index in [0.717, 1.165) is 35.3 Å². The Bertz CT molecular complexity index is 1400. The van der Waals surface area contributed by atoms with Gasteiger partial charge in [0.15, 0.2) is 6.10 Å². The molecule has 1 heterocycles. The first kappa shape index (κ1) is 37.0. The summed E-state index contributed by atoms with van der Waals surface area (Å²) in [6.07, 6.45) is -10.9. The number of fused-ring (bicyclic) bond motifs is 5. The molecular formula is C33H41F8NO5S. The van der Waals surface area contributed by atoms with E-state index in [2.05, 4.69) is 0 Å². The highest BCUT2D eigenvalue weighted by Crippen LogP contribution is 2.61. The van der Waals surface area contributed by atoms with Gasteiger partial charge in [0.05, 0.1) is 13.2 Å². The minimum Gasteiger partial charge on any atom is -0.410 e. The van der Waals surface area contributed by atoms with Crippen LogP contribution in [-0.2, 0) is 26.8 Å². The van der Waals surface area contributed by atoms with E-state index in [1.807, 2.05) is 13.0 Å². The summed E-state index contributed by atoms with van der Waals surface area (Å²) in [6, 6.07) is 3.73. The SMILES string of the molecule is Cc1cc2c(cc1OC(=O)N1CCOC(C(F)(F)F)C1)C[C@@H](CCCS(=O)CCCC(F)(F)C(F)(F)F)[C@@H]1[C@@H]2CC[C@]2(C)C(=O)CC[C@@H]12. The minimum atomic E-state index is -5.64. The minimum absolute atomic E-state index is 0.0441. The van der Waals surface area contributed by atoms with Gasteiger partial charge >= 0.3 is 24.4 Å². The second-order valence-corrected chi connectivity index (χ2v) is 15.7. The highest BCUT2D eigenvalue weighted by molar-refractivity contribution is 7.84. The van der Waals surface area contributed by atoms with Gasteiger partial charge in [0.25, 0.3) is 0 Å². The van der Waals surface area contributed by atoms with Gasteiger partial charge in [-0.15, -0.1) is 0 Å². The Morgan fingerprint density at radius 1 is 1.08 bits per heavy atom. The smallest absolute Gasteiger partial charge is 0.410 e. The van der Waals surface area contributed by atoms with Crippen LogP contribution in [-0.4, -0.2) is 76.6 Å². The first-order valence-corrected chi connectivity index (χ1v) is 17.9. The Kier molecular flexibility index (Phi) is 10.6. The number of carbonyl (C=O) groups is 2. The Balaban J connectivity index is 1.30. The molecule has 3 aliphatic carbocycles. The van der Waals surface area contributed by atoms with Crippen molar-refractivity contribution in [2.24, 2.45) is 23.2 Å². The van der Waals surface area contributed by atoms with Crippen molar-refractivity contribution in [3.8, 4) is 5.75 Å². The molecular weight excluding hydrogens is 674 g/mol. The maximum atomic E-state index is 13.3. The fraction of sp³-hybridized carbons (Fsp3) is 0.758. The molecule has 1 amide bonds. The number of rotatable bonds is 9. The number of Topliss-reactive ketones (excluding diaryl/α,β-unsaturated/α-hetero) is 1. The second-order valence-electron chi connectivity index (χ2n) is 14.0. The Morgan fingerprint density at radius 3 is 2.48 bits per heavy atom. The summed E-state index contributed by atoms with van der Waals surface area (Å²) in [5, 5.41) is 0. The van der Waals surface area contributed by atoms with Crippen molar-refractivity contribution >= 4 is 22.7 Å². The summed E-state index contributed by atoms with van der Waals surface area (Å²) < 4.78 is 127. The van der Waals surface area contributed by atoms with Crippen LogP contribution in [0.1, 0.15) is 80.9 Å². The molecule has 5 rings (SSSR count). The molecule has 2 saturated carbocycles. The fourth-order valence-corrected chi connectivity index (χ4v) is 9.62. The lowest BCUT2D eigenvalue weighted by atomic mass is 9.52.